The van der Waals surface area contributed by atoms with Crippen LogP contribution in [0.25, 0.3) is 11.3 Å². The number of benzene rings is 1. The van der Waals surface area contributed by atoms with Crippen LogP contribution in [0.3, 0.4) is 0 Å². The maximum absolute atomic E-state index is 14.7. The van der Waals surface area contributed by atoms with Crippen LogP contribution >= 0.6 is 11.6 Å². The number of rotatable bonds is 9. The topological polar surface area (TPSA) is 125 Å². The van der Waals surface area contributed by atoms with E-state index in [2.05, 4.69) is 40.2 Å². The molecule has 1 aromatic carbocycles. The molecule has 11 nitrogen and oxygen atoms in total. The van der Waals surface area contributed by atoms with E-state index < -0.39 is 34.9 Å². The number of nitrogens with one attached hydrogen (secondary N) is 1. The fourth-order valence-electron chi connectivity index (χ4n) is 5.86. The van der Waals surface area contributed by atoms with Crippen LogP contribution in [0.1, 0.15) is 54.2 Å². The van der Waals surface area contributed by atoms with E-state index in [1.807, 2.05) is 6.92 Å². The number of likely N-dealkylation sites (tertiary alicyclic amines) is 1. The van der Waals surface area contributed by atoms with Crippen molar-refractivity contribution in [3.63, 3.8) is 0 Å². The van der Waals surface area contributed by atoms with Gasteiger partial charge in [0.05, 0.1) is 47.1 Å². The summed E-state index contributed by atoms with van der Waals surface area (Å²) in [6.07, 6.45) is 8.69. The Bertz CT molecular complexity index is 1690. The number of halogens is 4. The molecule has 0 radical (unpaired) electrons. The Kier molecular flexibility index (Phi) is 8.71. The van der Waals surface area contributed by atoms with Gasteiger partial charge in [-0.3, -0.25) is 19.4 Å². The van der Waals surface area contributed by atoms with Crippen molar-refractivity contribution in [3.05, 3.63) is 77.0 Å². The number of anilines is 2. The molecule has 0 spiro atoms. The summed E-state index contributed by atoms with van der Waals surface area (Å²) < 4.78 is 43.4. The van der Waals surface area contributed by atoms with Crippen molar-refractivity contribution in [1.82, 2.24) is 34.6 Å². The average Bonchev–Trinajstić information content (AvgIpc) is 3.75. The molecule has 5 heterocycles. The van der Waals surface area contributed by atoms with Crippen LogP contribution in [0.2, 0.25) is 5.02 Å². The molecule has 2 fully saturated rings. The van der Waals surface area contributed by atoms with Crippen molar-refractivity contribution < 1.29 is 23.1 Å². The minimum atomic E-state index is -2.99. The minimum Gasteiger partial charge on any atom is -0.389 e. The van der Waals surface area contributed by atoms with Crippen molar-refractivity contribution in [2.45, 2.75) is 50.8 Å². The number of aromatic nitrogens is 6. The number of amides is 1. The highest BCUT2D eigenvalue weighted by Crippen LogP contribution is 2.35. The van der Waals surface area contributed by atoms with Crippen LogP contribution in [0, 0.1) is 5.82 Å². The third-order valence-corrected chi connectivity index (χ3v) is 8.34. The minimum absolute atomic E-state index is 0.209. The van der Waals surface area contributed by atoms with Crippen molar-refractivity contribution >= 4 is 29.1 Å². The van der Waals surface area contributed by atoms with Gasteiger partial charge in [-0.25, -0.2) is 28.1 Å². The van der Waals surface area contributed by atoms with E-state index in [4.69, 9.17) is 11.6 Å². The van der Waals surface area contributed by atoms with Crippen molar-refractivity contribution in [2.75, 3.05) is 36.4 Å². The summed E-state index contributed by atoms with van der Waals surface area (Å²) in [6.45, 7) is 5.54. The summed E-state index contributed by atoms with van der Waals surface area (Å²) in [6, 6.07) is 2.35. The first-order valence-electron chi connectivity index (χ1n) is 14.5. The van der Waals surface area contributed by atoms with Gasteiger partial charge in [-0.15, -0.1) is 0 Å². The van der Waals surface area contributed by atoms with Crippen LogP contribution in [-0.4, -0.2) is 83.5 Å². The van der Waals surface area contributed by atoms with Gasteiger partial charge in [0.25, 0.3) is 12.3 Å². The van der Waals surface area contributed by atoms with E-state index in [1.165, 1.54) is 6.20 Å². The SMILES string of the molecule is CC1(O)CCN(C[C@@H]2CCCN2c2ncc(Cn3cc(NC(=O)c4cncc(-c5c(C(F)F)ccc(Cl)c5F)n4)cn3)cn2)C1. The summed E-state index contributed by atoms with van der Waals surface area (Å²) in [5.74, 6) is -1.09. The van der Waals surface area contributed by atoms with Gasteiger partial charge in [0.15, 0.2) is 5.82 Å². The number of hydrogen-bond donors (Lipinski definition) is 2. The Hall–Kier alpha value is -4.14. The Balaban J connectivity index is 1.08. The number of carbonyl (C=O) groups is 1. The molecule has 0 aliphatic carbocycles. The van der Waals surface area contributed by atoms with Gasteiger partial charge in [-0.05, 0) is 32.3 Å². The molecule has 3 aromatic heterocycles. The molecule has 2 aliphatic heterocycles. The van der Waals surface area contributed by atoms with Crippen molar-refractivity contribution in [2.24, 2.45) is 0 Å². The lowest BCUT2D eigenvalue weighted by atomic mass is 10.0. The highest BCUT2D eigenvalue weighted by atomic mass is 35.5. The summed E-state index contributed by atoms with van der Waals surface area (Å²) in [5, 5.41) is 16.9. The maximum atomic E-state index is 14.7. The standard InChI is InChI=1S/C30H31ClF3N9O2/c1-30(45)6-8-41(17-30)16-20-3-2-7-43(20)29-36-9-18(10-37-29)14-42-15-19(11-38-42)39-28(44)24-13-35-12-23(40-24)25-21(27(33)34)4-5-22(31)26(25)32/h4-5,9-13,15,20,27,45H,2-3,6-8,14,16-17H2,1H3,(H,39,44)/t20-,30?/m0/s1. The van der Waals surface area contributed by atoms with Crippen LogP contribution in [-0.2, 0) is 6.54 Å². The average molecular weight is 642 g/mol. The van der Waals surface area contributed by atoms with Gasteiger partial charge in [0.1, 0.15) is 5.69 Å². The quantitative estimate of drug-likeness (QED) is 0.270. The molecule has 236 valence electrons. The first-order chi connectivity index (χ1) is 21.6. The monoisotopic (exact) mass is 641 g/mol. The molecule has 0 saturated carbocycles. The van der Waals surface area contributed by atoms with Crippen molar-refractivity contribution in [3.8, 4) is 11.3 Å². The van der Waals surface area contributed by atoms with Gasteiger partial charge in [0.2, 0.25) is 5.95 Å². The molecule has 15 heteroatoms. The van der Waals surface area contributed by atoms with E-state index in [1.54, 1.807) is 23.3 Å². The van der Waals surface area contributed by atoms with E-state index in [9.17, 15) is 23.1 Å². The number of nitrogens with zero attached hydrogens (tertiary/aromatic N) is 8. The molecule has 4 aromatic rings. The predicted molar refractivity (Wildman–Crippen MR) is 161 cm³/mol. The summed E-state index contributed by atoms with van der Waals surface area (Å²) in [5.41, 5.74) is -1.05. The molecular weight excluding hydrogens is 611 g/mol. The third kappa shape index (κ3) is 6.92. The normalized spacial score (nSPS) is 20.3. The lowest BCUT2D eigenvalue weighted by Gasteiger charge is -2.29. The second-order valence-corrected chi connectivity index (χ2v) is 12.1. The molecular formula is C30H31ClF3N9O2. The molecule has 2 aliphatic rings. The Morgan fingerprint density at radius 3 is 2.71 bits per heavy atom. The number of aliphatic hydroxyl groups is 1. The van der Waals surface area contributed by atoms with Gasteiger partial charge in [-0.1, -0.05) is 17.7 Å². The zero-order valence-electron chi connectivity index (χ0n) is 24.4. The van der Waals surface area contributed by atoms with E-state index in [-0.39, 0.29) is 16.4 Å². The molecule has 2 atom stereocenters. The number of β-amino-alcohol motifs (C(OH)–C–C–N with tert-alkyl or cyclic N) is 1. The zero-order valence-corrected chi connectivity index (χ0v) is 25.1. The molecule has 45 heavy (non-hydrogen) atoms. The second-order valence-electron chi connectivity index (χ2n) is 11.7. The highest BCUT2D eigenvalue weighted by molar-refractivity contribution is 6.31. The fourth-order valence-corrected chi connectivity index (χ4v) is 6.02. The summed E-state index contributed by atoms with van der Waals surface area (Å²) in [7, 11) is 0. The molecule has 1 amide bonds. The number of alkyl halides is 2. The highest BCUT2D eigenvalue weighted by Gasteiger charge is 2.35. The maximum Gasteiger partial charge on any atom is 0.275 e. The Morgan fingerprint density at radius 2 is 1.98 bits per heavy atom. The largest absolute Gasteiger partial charge is 0.389 e. The first-order valence-corrected chi connectivity index (χ1v) is 14.9. The van der Waals surface area contributed by atoms with E-state index in [0.29, 0.717) is 30.8 Å². The predicted octanol–water partition coefficient (Wildman–Crippen LogP) is 4.59. The Morgan fingerprint density at radius 1 is 1.18 bits per heavy atom. The molecule has 6 rings (SSSR count). The zero-order chi connectivity index (χ0) is 31.7. The van der Waals surface area contributed by atoms with Gasteiger partial charge in [-0.2, -0.15) is 5.10 Å². The molecule has 2 saturated heterocycles. The van der Waals surface area contributed by atoms with E-state index in [0.717, 1.165) is 69.0 Å². The Labute approximate surface area is 262 Å². The number of carbonyl (C=O) groups excluding carboxylic acids is 1. The number of hydrogen-bond acceptors (Lipinski definition) is 9. The summed E-state index contributed by atoms with van der Waals surface area (Å²) >= 11 is 5.81. The van der Waals surface area contributed by atoms with Crippen molar-refractivity contribution in [1.29, 1.82) is 0 Å². The smallest absolute Gasteiger partial charge is 0.275 e. The third-order valence-electron chi connectivity index (χ3n) is 8.05. The van der Waals surface area contributed by atoms with Crippen LogP contribution in [0.4, 0.5) is 24.8 Å². The van der Waals surface area contributed by atoms with Crippen LogP contribution < -0.4 is 10.2 Å². The lowest BCUT2D eigenvalue weighted by molar-refractivity contribution is 0.0681. The van der Waals surface area contributed by atoms with Gasteiger partial charge < -0.3 is 15.3 Å². The first kappa shape index (κ1) is 30.9. The molecule has 1 unspecified atom stereocenters. The van der Waals surface area contributed by atoms with Crippen LogP contribution in [0.5, 0.6) is 0 Å². The van der Waals surface area contributed by atoms with Crippen LogP contribution in [0.15, 0.2) is 49.3 Å². The fraction of sp³-hybridized carbons (Fsp3) is 0.400. The van der Waals surface area contributed by atoms with Gasteiger partial charge in [0, 0.05) is 67.5 Å². The van der Waals surface area contributed by atoms with Gasteiger partial charge >= 0.3 is 0 Å². The molecule has 0 bridgehead atoms. The lowest BCUT2D eigenvalue weighted by Crippen LogP contribution is -2.41. The molecule has 2 N–H and O–H groups in total. The van der Waals surface area contributed by atoms with E-state index >= 15 is 0 Å². The summed E-state index contributed by atoms with van der Waals surface area (Å²) in [4.78, 5) is 34.6. The second kappa shape index (κ2) is 12.7.